The molecule has 82 valence electrons. The van der Waals surface area contributed by atoms with E-state index in [2.05, 4.69) is 31.5 Å². The van der Waals surface area contributed by atoms with E-state index in [4.69, 9.17) is 0 Å². The Morgan fingerprint density at radius 1 is 1.47 bits per heavy atom. The summed E-state index contributed by atoms with van der Waals surface area (Å²) < 4.78 is 0.758. The van der Waals surface area contributed by atoms with Crippen molar-refractivity contribution in [2.24, 2.45) is 0 Å². The topological polar surface area (TPSA) is 54.0 Å². The second kappa shape index (κ2) is 4.61. The zero-order valence-corrected chi connectivity index (χ0v) is 10.6. The normalized spacial score (nSPS) is 10.9. The number of amides is 2. The summed E-state index contributed by atoms with van der Waals surface area (Å²) in [5.41, 5.74) is -0.259. The van der Waals surface area contributed by atoms with E-state index in [0.717, 1.165) is 4.47 Å². The van der Waals surface area contributed by atoms with Crippen molar-refractivity contribution in [3.63, 3.8) is 0 Å². The third-order valence-corrected chi connectivity index (χ3v) is 2.12. The molecule has 1 aromatic rings. The summed E-state index contributed by atoms with van der Waals surface area (Å²) >= 11 is 3.30. The lowest BCUT2D eigenvalue weighted by Crippen LogP contribution is -2.43. The molecule has 1 rings (SSSR count). The standard InChI is InChI=1S/C10H14BrN3O/c1-10(2,3)14-9(15)13-8-7(11)5-4-6-12-8/h4-6H,1-3H3,(H2,12,13,14,15). The van der Waals surface area contributed by atoms with Gasteiger partial charge in [-0.1, -0.05) is 0 Å². The Hall–Kier alpha value is -1.10. The largest absolute Gasteiger partial charge is 0.333 e. The fourth-order valence-electron chi connectivity index (χ4n) is 0.957. The highest BCUT2D eigenvalue weighted by atomic mass is 79.9. The van der Waals surface area contributed by atoms with Gasteiger partial charge in [0.25, 0.3) is 0 Å². The third kappa shape index (κ3) is 4.29. The minimum absolute atomic E-state index is 0.259. The molecule has 0 bridgehead atoms. The number of aromatic nitrogens is 1. The molecule has 15 heavy (non-hydrogen) atoms. The minimum Gasteiger partial charge on any atom is -0.333 e. The van der Waals surface area contributed by atoms with Gasteiger partial charge < -0.3 is 5.32 Å². The van der Waals surface area contributed by atoms with Crippen LogP contribution in [-0.4, -0.2) is 16.6 Å². The number of nitrogens with zero attached hydrogens (tertiary/aromatic N) is 1. The number of nitrogens with one attached hydrogen (secondary N) is 2. The lowest BCUT2D eigenvalue weighted by Gasteiger charge is -2.20. The second-order valence-electron chi connectivity index (χ2n) is 4.16. The molecule has 2 N–H and O–H groups in total. The van der Waals surface area contributed by atoms with Crippen LogP contribution in [0.25, 0.3) is 0 Å². The molecule has 0 saturated carbocycles. The van der Waals surface area contributed by atoms with Crippen molar-refractivity contribution in [1.29, 1.82) is 0 Å². The fraction of sp³-hybridized carbons (Fsp3) is 0.400. The summed E-state index contributed by atoms with van der Waals surface area (Å²) in [7, 11) is 0. The van der Waals surface area contributed by atoms with Crippen molar-refractivity contribution in [2.75, 3.05) is 5.32 Å². The van der Waals surface area contributed by atoms with Gasteiger partial charge in [0, 0.05) is 11.7 Å². The summed E-state index contributed by atoms with van der Waals surface area (Å²) in [5, 5.41) is 5.44. The first kappa shape index (κ1) is 12.0. The highest BCUT2D eigenvalue weighted by Crippen LogP contribution is 2.18. The molecule has 0 spiro atoms. The lowest BCUT2D eigenvalue weighted by molar-refractivity contribution is 0.243. The first-order chi connectivity index (χ1) is 6.88. The number of hydrogen-bond acceptors (Lipinski definition) is 2. The van der Waals surface area contributed by atoms with E-state index < -0.39 is 0 Å². The summed E-state index contributed by atoms with van der Waals surface area (Å²) in [5.74, 6) is 0.513. The van der Waals surface area contributed by atoms with Crippen molar-refractivity contribution >= 4 is 27.8 Å². The molecule has 2 amide bonds. The van der Waals surface area contributed by atoms with E-state index in [9.17, 15) is 4.79 Å². The molecule has 0 radical (unpaired) electrons. The SMILES string of the molecule is CC(C)(C)NC(=O)Nc1ncccc1Br. The van der Waals surface area contributed by atoms with E-state index in [1.807, 2.05) is 26.8 Å². The van der Waals surface area contributed by atoms with Gasteiger partial charge in [0.2, 0.25) is 0 Å². The molecule has 0 atom stereocenters. The van der Waals surface area contributed by atoms with Crippen LogP contribution in [0, 0.1) is 0 Å². The lowest BCUT2D eigenvalue weighted by atomic mass is 10.1. The van der Waals surface area contributed by atoms with Gasteiger partial charge in [0.1, 0.15) is 5.82 Å². The van der Waals surface area contributed by atoms with Crippen molar-refractivity contribution in [2.45, 2.75) is 26.3 Å². The molecule has 0 fully saturated rings. The van der Waals surface area contributed by atoms with Crippen LogP contribution in [0.4, 0.5) is 10.6 Å². The maximum Gasteiger partial charge on any atom is 0.320 e. The van der Waals surface area contributed by atoms with Gasteiger partial charge in [-0.05, 0) is 48.8 Å². The van der Waals surface area contributed by atoms with Gasteiger partial charge in [-0.3, -0.25) is 5.32 Å². The second-order valence-corrected chi connectivity index (χ2v) is 5.02. The van der Waals surface area contributed by atoms with Crippen LogP contribution in [0.15, 0.2) is 22.8 Å². The number of halogens is 1. The summed E-state index contributed by atoms with van der Waals surface area (Å²) in [6.07, 6.45) is 1.62. The smallest absolute Gasteiger partial charge is 0.320 e. The number of urea groups is 1. The number of pyridine rings is 1. The van der Waals surface area contributed by atoms with Crippen molar-refractivity contribution in [1.82, 2.24) is 10.3 Å². The summed E-state index contributed by atoms with van der Waals surface area (Å²) in [6, 6.07) is 3.35. The van der Waals surface area contributed by atoms with Crippen LogP contribution in [0.1, 0.15) is 20.8 Å². The Morgan fingerprint density at radius 3 is 2.67 bits per heavy atom. The fourth-order valence-corrected chi connectivity index (χ4v) is 1.31. The molecule has 0 saturated heterocycles. The van der Waals surface area contributed by atoms with Gasteiger partial charge in [0.05, 0.1) is 4.47 Å². The maximum atomic E-state index is 11.5. The molecular formula is C10H14BrN3O. The Bertz CT molecular complexity index is 360. The average molecular weight is 272 g/mol. The third-order valence-electron chi connectivity index (χ3n) is 1.48. The number of rotatable bonds is 1. The zero-order chi connectivity index (χ0) is 11.5. The van der Waals surface area contributed by atoms with Gasteiger partial charge in [-0.25, -0.2) is 9.78 Å². The molecule has 4 nitrogen and oxygen atoms in total. The molecule has 5 heteroatoms. The van der Waals surface area contributed by atoms with Gasteiger partial charge in [0.15, 0.2) is 0 Å². The van der Waals surface area contributed by atoms with E-state index in [0.29, 0.717) is 5.82 Å². The van der Waals surface area contributed by atoms with Crippen LogP contribution in [0.5, 0.6) is 0 Å². The molecular weight excluding hydrogens is 258 g/mol. The maximum absolute atomic E-state index is 11.5. The Labute approximate surface area is 97.6 Å². The van der Waals surface area contributed by atoms with Crippen molar-refractivity contribution in [3.8, 4) is 0 Å². The van der Waals surface area contributed by atoms with Gasteiger partial charge in [-0.2, -0.15) is 0 Å². The van der Waals surface area contributed by atoms with E-state index in [1.165, 1.54) is 0 Å². The molecule has 1 aromatic heterocycles. The molecule has 0 aliphatic rings. The van der Waals surface area contributed by atoms with Gasteiger partial charge in [-0.15, -0.1) is 0 Å². The average Bonchev–Trinajstić information content (AvgIpc) is 2.05. The molecule has 0 unspecified atom stereocenters. The van der Waals surface area contributed by atoms with Crippen LogP contribution >= 0.6 is 15.9 Å². The van der Waals surface area contributed by atoms with Crippen LogP contribution in [0.3, 0.4) is 0 Å². The van der Waals surface area contributed by atoms with E-state index in [-0.39, 0.29) is 11.6 Å². The minimum atomic E-state index is -0.262. The van der Waals surface area contributed by atoms with E-state index in [1.54, 1.807) is 12.3 Å². The number of carbonyl (C=O) groups excluding carboxylic acids is 1. The molecule has 1 heterocycles. The number of hydrogen-bond donors (Lipinski definition) is 2. The first-order valence-electron chi connectivity index (χ1n) is 4.58. The van der Waals surface area contributed by atoms with Crippen molar-refractivity contribution < 1.29 is 4.79 Å². The molecule has 0 aliphatic carbocycles. The van der Waals surface area contributed by atoms with Crippen molar-refractivity contribution in [3.05, 3.63) is 22.8 Å². The number of anilines is 1. The Kier molecular flexibility index (Phi) is 3.68. The summed E-state index contributed by atoms with van der Waals surface area (Å²) in [4.78, 5) is 15.5. The first-order valence-corrected chi connectivity index (χ1v) is 5.37. The van der Waals surface area contributed by atoms with E-state index >= 15 is 0 Å². The Balaban J connectivity index is 2.64. The molecule has 0 aromatic carbocycles. The van der Waals surface area contributed by atoms with Crippen LogP contribution in [-0.2, 0) is 0 Å². The highest BCUT2D eigenvalue weighted by molar-refractivity contribution is 9.10. The van der Waals surface area contributed by atoms with Crippen LogP contribution in [0.2, 0.25) is 0 Å². The Morgan fingerprint density at radius 2 is 2.13 bits per heavy atom. The van der Waals surface area contributed by atoms with Gasteiger partial charge >= 0.3 is 6.03 Å². The van der Waals surface area contributed by atoms with Crippen LogP contribution < -0.4 is 10.6 Å². The summed E-state index contributed by atoms with van der Waals surface area (Å²) in [6.45, 7) is 5.75. The highest BCUT2D eigenvalue weighted by Gasteiger charge is 2.14. The monoisotopic (exact) mass is 271 g/mol. The molecule has 0 aliphatic heterocycles. The zero-order valence-electron chi connectivity index (χ0n) is 8.97. The predicted molar refractivity (Wildman–Crippen MR) is 63.8 cm³/mol. The quantitative estimate of drug-likeness (QED) is 0.825. The predicted octanol–water partition coefficient (Wildman–Crippen LogP) is 2.76. The number of carbonyl (C=O) groups is 1.